The molecule has 1 rings (SSSR count). The second-order valence-corrected chi connectivity index (χ2v) is 5.95. The van der Waals surface area contributed by atoms with E-state index in [1.54, 1.807) is 7.05 Å². The van der Waals surface area contributed by atoms with Crippen molar-refractivity contribution >= 4 is 21.8 Å². The lowest BCUT2D eigenvalue weighted by molar-refractivity contribution is -0.138. The average Bonchev–Trinajstić information content (AvgIpc) is 2.35. The number of carbonyl (C=O) groups is 1. The van der Waals surface area contributed by atoms with Gasteiger partial charge in [-0.2, -0.15) is 13.2 Å². The highest BCUT2D eigenvalue weighted by atomic mass is 79.9. The Bertz CT molecular complexity index is 500. The zero-order valence-electron chi connectivity index (χ0n) is 11.8. The van der Waals surface area contributed by atoms with E-state index >= 15 is 0 Å². The van der Waals surface area contributed by atoms with Crippen molar-refractivity contribution in [2.24, 2.45) is 5.92 Å². The van der Waals surface area contributed by atoms with Crippen LogP contribution in [0.2, 0.25) is 0 Å². The lowest BCUT2D eigenvalue weighted by Crippen LogP contribution is -2.38. The Balaban J connectivity index is 3.12. The minimum atomic E-state index is -4.49. The molecule has 112 valence electrons. The first kappa shape index (κ1) is 17.0. The fourth-order valence-corrected chi connectivity index (χ4v) is 2.18. The Hall–Kier alpha value is -1.04. The molecule has 0 heterocycles. The number of halogens is 4. The minimum Gasteiger partial charge on any atom is -0.339 e. The molecule has 0 aliphatic rings. The number of hydrogen-bond acceptors (Lipinski definition) is 1. The van der Waals surface area contributed by atoms with Gasteiger partial charge in [-0.25, -0.2) is 0 Å². The summed E-state index contributed by atoms with van der Waals surface area (Å²) in [6, 6.07) is 3.48. The van der Waals surface area contributed by atoms with Crippen molar-refractivity contribution in [3.8, 4) is 0 Å². The third-order valence-corrected chi connectivity index (χ3v) is 4.11. The SMILES string of the molecule is CC(C)C(C)N(C)C(=O)c1ccc(Br)c(C(F)(F)F)c1. The maximum absolute atomic E-state index is 12.8. The number of hydrogen-bond donors (Lipinski definition) is 0. The van der Waals surface area contributed by atoms with Crippen LogP contribution in [0.15, 0.2) is 22.7 Å². The van der Waals surface area contributed by atoms with E-state index < -0.39 is 17.6 Å². The number of nitrogens with zero attached hydrogens (tertiary/aromatic N) is 1. The van der Waals surface area contributed by atoms with Gasteiger partial charge in [0.1, 0.15) is 0 Å². The second kappa shape index (κ2) is 6.16. The summed E-state index contributed by atoms with van der Waals surface area (Å²) in [5, 5.41) is 0. The van der Waals surface area contributed by atoms with Gasteiger partial charge in [0.05, 0.1) is 5.56 Å². The summed E-state index contributed by atoms with van der Waals surface area (Å²) in [5.41, 5.74) is -0.801. The summed E-state index contributed by atoms with van der Waals surface area (Å²) >= 11 is 2.86. The summed E-state index contributed by atoms with van der Waals surface area (Å²) in [7, 11) is 1.60. The highest BCUT2D eigenvalue weighted by molar-refractivity contribution is 9.10. The van der Waals surface area contributed by atoms with Crippen molar-refractivity contribution in [2.45, 2.75) is 33.0 Å². The second-order valence-electron chi connectivity index (χ2n) is 5.09. The quantitative estimate of drug-likeness (QED) is 0.780. The standard InChI is InChI=1S/C14H17BrF3NO/c1-8(2)9(3)19(4)13(20)10-5-6-12(15)11(7-10)14(16,17)18/h5-9H,1-4H3. The molecule has 20 heavy (non-hydrogen) atoms. The molecule has 0 aromatic heterocycles. The smallest absolute Gasteiger partial charge is 0.339 e. The first-order valence-electron chi connectivity index (χ1n) is 6.19. The van der Waals surface area contributed by atoms with E-state index in [4.69, 9.17) is 0 Å². The predicted molar refractivity (Wildman–Crippen MR) is 75.5 cm³/mol. The van der Waals surface area contributed by atoms with Crippen molar-refractivity contribution in [3.63, 3.8) is 0 Å². The van der Waals surface area contributed by atoms with Gasteiger partial charge in [-0.3, -0.25) is 4.79 Å². The molecule has 6 heteroatoms. The Morgan fingerprint density at radius 2 is 1.80 bits per heavy atom. The molecule has 0 N–H and O–H groups in total. The van der Waals surface area contributed by atoms with E-state index in [2.05, 4.69) is 15.9 Å². The van der Waals surface area contributed by atoms with E-state index in [0.717, 1.165) is 6.07 Å². The van der Waals surface area contributed by atoms with Gasteiger partial charge in [0, 0.05) is 23.1 Å². The van der Waals surface area contributed by atoms with Crippen LogP contribution in [0.3, 0.4) is 0 Å². The molecule has 0 saturated carbocycles. The van der Waals surface area contributed by atoms with Gasteiger partial charge in [-0.15, -0.1) is 0 Å². The Morgan fingerprint density at radius 1 is 1.25 bits per heavy atom. The molecule has 1 unspecified atom stereocenters. The van der Waals surface area contributed by atoms with Crippen LogP contribution in [0.1, 0.15) is 36.7 Å². The zero-order chi connectivity index (χ0) is 15.7. The number of amides is 1. The molecule has 1 atom stereocenters. The number of rotatable bonds is 3. The summed E-state index contributed by atoms with van der Waals surface area (Å²) < 4.78 is 38.4. The van der Waals surface area contributed by atoms with Gasteiger partial charge >= 0.3 is 6.18 Å². The lowest BCUT2D eigenvalue weighted by Gasteiger charge is -2.28. The Kier molecular flexibility index (Phi) is 5.24. The lowest BCUT2D eigenvalue weighted by atomic mass is 10.0. The van der Waals surface area contributed by atoms with Crippen LogP contribution in [0, 0.1) is 5.92 Å². The summed E-state index contributed by atoms with van der Waals surface area (Å²) in [6.45, 7) is 5.78. The molecule has 0 radical (unpaired) electrons. The van der Waals surface area contributed by atoms with Gasteiger partial charge in [-0.1, -0.05) is 29.8 Å². The van der Waals surface area contributed by atoms with E-state index in [0.29, 0.717) is 0 Å². The van der Waals surface area contributed by atoms with E-state index in [9.17, 15) is 18.0 Å². The Labute approximate surface area is 125 Å². The summed E-state index contributed by atoms with van der Waals surface area (Å²) in [6.07, 6.45) is -4.49. The zero-order valence-corrected chi connectivity index (χ0v) is 13.3. The number of alkyl halides is 3. The van der Waals surface area contributed by atoms with Crippen LogP contribution < -0.4 is 0 Å². The third-order valence-electron chi connectivity index (χ3n) is 3.41. The highest BCUT2D eigenvalue weighted by Crippen LogP contribution is 2.35. The third kappa shape index (κ3) is 3.75. The van der Waals surface area contributed by atoms with Crippen LogP contribution in [0.25, 0.3) is 0 Å². The molecule has 0 saturated heterocycles. The molecule has 0 aliphatic carbocycles. The van der Waals surface area contributed by atoms with Crippen LogP contribution in [0.5, 0.6) is 0 Å². The normalized spacial score (nSPS) is 13.4. The molecule has 0 bridgehead atoms. The highest BCUT2D eigenvalue weighted by Gasteiger charge is 2.34. The fraction of sp³-hybridized carbons (Fsp3) is 0.500. The van der Waals surface area contributed by atoms with Crippen LogP contribution in [0.4, 0.5) is 13.2 Å². The molecule has 1 aromatic carbocycles. The van der Waals surface area contributed by atoms with Gasteiger partial charge in [0.2, 0.25) is 0 Å². The Morgan fingerprint density at radius 3 is 2.25 bits per heavy atom. The van der Waals surface area contributed by atoms with Gasteiger partial charge in [0.25, 0.3) is 5.91 Å². The van der Waals surface area contributed by atoms with Crippen LogP contribution >= 0.6 is 15.9 Å². The van der Waals surface area contributed by atoms with Crippen molar-refractivity contribution in [2.75, 3.05) is 7.05 Å². The average molecular weight is 352 g/mol. The van der Waals surface area contributed by atoms with Crippen molar-refractivity contribution in [1.82, 2.24) is 4.90 Å². The number of benzene rings is 1. The molecule has 0 aliphatic heterocycles. The topological polar surface area (TPSA) is 20.3 Å². The fourth-order valence-electron chi connectivity index (χ4n) is 1.71. The van der Waals surface area contributed by atoms with Crippen molar-refractivity contribution in [1.29, 1.82) is 0 Å². The van der Waals surface area contributed by atoms with E-state index in [1.165, 1.54) is 17.0 Å². The van der Waals surface area contributed by atoms with Crippen molar-refractivity contribution in [3.05, 3.63) is 33.8 Å². The molecule has 1 amide bonds. The molecular weight excluding hydrogens is 335 g/mol. The molecule has 1 aromatic rings. The maximum atomic E-state index is 12.8. The largest absolute Gasteiger partial charge is 0.417 e. The number of carbonyl (C=O) groups excluding carboxylic acids is 1. The molecule has 0 fully saturated rings. The van der Waals surface area contributed by atoms with Crippen molar-refractivity contribution < 1.29 is 18.0 Å². The van der Waals surface area contributed by atoms with Gasteiger partial charge < -0.3 is 4.90 Å². The molecule has 2 nitrogen and oxygen atoms in total. The van der Waals surface area contributed by atoms with E-state index in [1.807, 2.05) is 20.8 Å². The summed E-state index contributed by atoms with van der Waals surface area (Å²) in [4.78, 5) is 13.7. The van der Waals surface area contributed by atoms with Crippen LogP contribution in [-0.4, -0.2) is 23.9 Å². The monoisotopic (exact) mass is 351 g/mol. The first-order valence-corrected chi connectivity index (χ1v) is 6.99. The molecule has 0 spiro atoms. The molecular formula is C14H17BrF3NO. The van der Waals surface area contributed by atoms with Gasteiger partial charge in [0.15, 0.2) is 0 Å². The summed E-state index contributed by atoms with van der Waals surface area (Å²) in [5.74, 6) is -0.189. The first-order chi connectivity index (χ1) is 9.05. The van der Waals surface area contributed by atoms with Crippen LogP contribution in [-0.2, 0) is 6.18 Å². The maximum Gasteiger partial charge on any atom is 0.417 e. The van der Waals surface area contributed by atoms with E-state index in [-0.39, 0.29) is 22.0 Å². The van der Waals surface area contributed by atoms with Gasteiger partial charge in [-0.05, 0) is 31.0 Å². The minimum absolute atomic E-state index is 0.0375. The predicted octanol–water partition coefficient (Wildman–Crippen LogP) is 4.58.